The van der Waals surface area contributed by atoms with Crippen LogP contribution in [0.15, 0.2) is 73.1 Å². The minimum atomic E-state index is -0.0867. The Kier molecular flexibility index (Phi) is 5.92. The summed E-state index contributed by atoms with van der Waals surface area (Å²) in [5.74, 6) is 1.16. The highest BCUT2D eigenvalue weighted by Crippen LogP contribution is 2.23. The largest absolute Gasteiger partial charge is 0.344 e. The van der Waals surface area contributed by atoms with Crippen molar-refractivity contribution in [2.45, 2.75) is 13.0 Å². The van der Waals surface area contributed by atoms with Gasteiger partial charge >= 0.3 is 0 Å². The summed E-state index contributed by atoms with van der Waals surface area (Å²) in [4.78, 5) is 26.5. The maximum absolute atomic E-state index is 13.2. The van der Waals surface area contributed by atoms with E-state index in [4.69, 9.17) is 4.98 Å². The Morgan fingerprint density at radius 3 is 2.64 bits per heavy atom. The van der Waals surface area contributed by atoms with Crippen LogP contribution >= 0.6 is 0 Å². The van der Waals surface area contributed by atoms with Crippen molar-refractivity contribution in [3.63, 3.8) is 0 Å². The van der Waals surface area contributed by atoms with E-state index in [0.29, 0.717) is 0 Å². The van der Waals surface area contributed by atoms with Gasteiger partial charge in [0, 0.05) is 46.1 Å². The first kappa shape index (κ1) is 21.3. The first-order chi connectivity index (χ1) is 16.1. The van der Waals surface area contributed by atoms with Gasteiger partial charge < -0.3 is 9.47 Å². The molecule has 0 bridgehead atoms. The number of amides is 1. The van der Waals surface area contributed by atoms with Crippen molar-refractivity contribution in [3.05, 3.63) is 84.4 Å². The molecule has 0 radical (unpaired) electrons. The number of fused-ring (bicyclic) bond motifs is 1. The summed E-state index contributed by atoms with van der Waals surface area (Å²) < 4.78 is 2.16. The normalized spacial score (nSPS) is 17.5. The van der Waals surface area contributed by atoms with Gasteiger partial charge in [-0.2, -0.15) is 0 Å². The molecule has 2 aromatic heterocycles. The Balaban J connectivity index is 1.36. The second kappa shape index (κ2) is 9.16. The summed E-state index contributed by atoms with van der Waals surface area (Å²) in [6.45, 7) is 3.04. The molecule has 3 heterocycles. The molecule has 6 heteroatoms. The van der Waals surface area contributed by atoms with Crippen molar-refractivity contribution in [2.24, 2.45) is 13.0 Å². The molecule has 1 atom stereocenters. The molecule has 6 nitrogen and oxygen atoms in total. The van der Waals surface area contributed by atoms with Crippen LogP contribution in [0.3, 0.4) is 0 Å². The SMILES string of the molecule is CN1CCN(Cc2nc3ccccc3n2C)CC(Cc2cccc(-c3cccnc3)c2)C1=O. The zero-order valence-corrected chi connectivity index (χ0v) is 19.2. The second-order valence-corrected chi connectivity index (χ2v) is 8.91. The third-order valence-corrected chi connectivity index (χ3v) is 6.60. The quantitative estimate of drug-likeness (QED) is 0.475. The van der Waals surface area contributed by atoms with E-state index in [1.807, 2.05) is 36.3 Å². The molecular formula is C27H29N5O. The van der Waals surface area contributed by atoms with Crippen molar-refractivity contribution in [1.29, 1.82) is 0 Å². The number of carbonyl (C=O) groups excluding carboxylic acids is 1. The smallest absolute Gasteiger partial charge is 0.227 e. The minimum Gasteiger partial charge on any atom is -0.344 e. The molecule has 0 saturated carbocycles. The average Bonchev–Trinajstić information content (AvgIpc) is 3.10. The summed E-state index contributed by atoms with van der Waals surface area (Å²) in [5, 5.41) is 0. The van der Waals surface area contributed by atoms with Crippen LogP contribution in [-0.4, -0.2) is 56.9 Å². The van der Waals surface area contributed by atoms with Crippen molar-refractivity contribution < 1.29 is 4.79 Å². The number of carbonyl (C=O) groups is 1. The van der Waals surface area contributed by atoms with E-state index >= 15 is 0 Å². The monoisotopic (exact) mass is 439 g/mol. The summed E-state index contributed by atoms with van der Waals surface area (Å²) >= 11 is 0. The molecule has 0 aliphatic carbocycles. The van der Waals surface area contributed by atoms with Gasteiger partial charge in [0.25, 0.3) is 0 Å². The van der Waals surface area contributed by atoms with Crippen LogP contribution < -0.4 is 0 Å². The molecule has 1 aliphatic rings. The maximum atomic E-state index is 13.2. The van der Waals surface area contributed by atoms with E-state index in [1.54, 1.807) is 6.20 Å². The lowest BCUT2D eigenvalue weighted by atomic mass is 9.95. The fourth-order valence-electron chi connectivity index (χ4n) is 4.72. The van der Waals surface area contributed by atoms with Gasteiger partial charge in [-0.15, -0.1) is 0 Å². The third kappa shape index (κ3) is 4.52. The lowest BCUT2D eigenvalue weighted by Crippen LogP contribution is -2.34. The van der Waals surface area contributed by atoms with E-state index in [0.717, 1.165) is 60.6 Å². The van der Waals surface area contributed by atoms with E-state index in [9.17, 15) is 4.79 Å². The van der Waals surface area contributed by atoms with Crippen molar-refractivity contribution >= 4 is 16.9 Å². The summed E-state index contributed by atoms with van der Waals surface area (Å²) in [6, 6.07) is 20.7. The molecule has 1 fully saturated rings. The van der Waals surface area contributed by atoms with E-state index in [2.05, 4.69) is 64.0 Å². The van der Waals surface area contributed by atoms with Crippen molar-refractivity contribution in [3.8, 4) is 11.1 Å². The van der Waals surface area contributed by atoms with Gasteiger partial charge in [0.1, 0.15) is 5.82 Å². The number of benzene rings is 2. The molecule has 0 spiro atoms. The highest BCUT2D eigenvalue weighted by atomic mass is 16.2. The van der Waals surface area contributed by atoms with Gasteiger partial charge in [-0.3, -0.25) is 14.7 Å². The molecule has 5 rings (SSSR count). The van der Waals surface area contributed by atoms with Crippen LogP contribution in [0.5, 0.6) is 0 Å². The van der Waals surface area contributed by atoms with Crippen LogP contribution in [0.1, 0.15) is 11.4 Å². The lowest BCUT2D eigenvalue weighted by molar-refractivity contribution is -0.133. The molecule has 1 saturated heterocycles. The predicted molar refractivity (Wildman–Crippen MR) is 130 cm³/mol. The summed E-state index contributed by atoms with van der Waals surface area (Å²) in [6.07, 6.45) is 4.38. The molecule has 2 aromatic carbocycles. The van der Waals surface area contributed by atoms with Gasteiger partial charge in [-0.05, 0) is 41.3 Å². The van der Waals surface area contributed by atoms with E-state index in [1.165, 1.54) is 5.56 Å². The van der Waals surface area contributed by atoms with Crippen molar-refractivity contribution in [2.75, 3.05) is 26.7 Å². The third-order valence-electron chi connectivity index (χ3n) is 6.60. The van der Waals surface area contributed by atoms with Crippen LogP contribution in [0, 0.1) is 5.92 Å². The Labute approximate surface area is 194 Å². The number of nitrogens with zero attached hydrogens (tertiary/aromatic N) is 5. The molecule has 0 N–H and O–H groups in total. The highest BCUT2D eigenvalue weighted by Gasteiger charge is 2.29. The number of imidazole rings is 1. The zero-order valence-electron chi connectivity index (χ0n) is 19.2. The number of para-hydroxylation sites is 2. The Hall–Kier alpha value is -3.51. The number of likely N-dealkylation sites (N-methyl/N-ethyl adjacent to an activating group) is 1. The number of hydrogen-bond acceptors (Lipinski definition) is 4. The minimum absolute atomic E-state index is 0.0867. The lowest BCUT2D eigenvalue weighted by Gasteiger charge is -2.23. The standard InChI is InChI=1S/C27H29N5O/c1-30-13-14-32(19-26-29-24-10-3-4-11-25(24)31(26)2)18-23(27(30)33)16-20-7-5-8-21(15-20)22-9-6-12-28-17-22/h3-12,15,17,23H,13-14,16,18-19H2,1-2H3. The maximum Gasteiger partial charge on any atom is 0.227 e. The Bertz CT molecular complexity index is 1270. The van der Waals surface area contributed by atoms with Crippen LogP contribution in [0.2, 0.25) is 0 Å². The molecular weight excluding hydrogens is 410 g/mol. The Morgan fingerprint density at radius 1 is 0.970 bits per heavy atom. The number of pyridine rings is 1. The zero-order chi connectivity index (χ0) is 22.8. The fourth-order valence-corrected chi connectivity index (χ4v) is 4.72. The van der Waals surface area contributed by atoms with Gasteiger partial charge in [0.05, 0.1) is 23.5 Å². The van der Waals surface area contributed by atoms with Crippen LogP contribution in [0.25, 0.3) is 22.2 Å². The van der Waals surface area contributed by atoms with E-state index in [-0.39, 0.29) is 11.8 Å². The highest BCUT2D eigenvalue weighted by molar-refractivity contribution is 5.79. The van der Waals surface area contributed by atoms with Crippen LogP contribution in [0.4, 0.5) is 0 Å². The summed E-state index contributed by atoms with van der Waals surface area (Å²) in [5.41, 5.74) is 5.55. The average molecular weight is 440 g/mol. The van der Waals surface area contributed by atoms with Crippen LogP contribution in [-0.2, 0) is 24.8 Å². The first-order valence-electron chi connectivity index (χ1n) is 11.5. The van der Waals surface area contributed by atoms with Gasteiger partial charge in [0.2, 0.25) is 5.91 Å². The van der Waals surface area contributed by atoms with E-state index < -0.39 is 0 Å². The van der Waals surface area contributed by atoms with Gasteiger partial charge in [0.15, 0.2) is 0 Å². The molecule has 1 unspecified atom stereocenters. The number of hydrogen-bond donors (Lipinski definition) is 0. The second-order valence-electron chi connectivity index (χ2n) is 8.91. The Morgan fingerprint density at radius 2 is 1.82 bits per heavy atom. The molecule has 168 valence electrons. The fraction of sp³-hybridized carbons (Fsp3) is 0.296. The number of aromatic nitrogens is 3. The first-order valence-corrected chi connectivity index (χ1v) is 11.5. The van der Waals surface area contributed by atoms with Crippen molar-refractivity contribution in [1.82, 2.24) is 24.3 Å². The topological polar surface area (TPSA) is 54.3 Å². The number of aryl methyl sites for hydroxylation is 1. The predicted octanol–water partition coefficient (Wildman–Crippen LogP) is 3.77. The molecule has 4 aromatic rings. The molecule has 1 amide bonds. The molecule has 33 heavy (non-hydrogen) atoms. The van der Waals surface area contributed by atoms with Gasteiger partial charge in [-0.25, -0.2) is 4.98 Å². The number of rotatable bonds is 5. The molecule has 1 aliphatic heterocycles. The van der Waals surface area contributed by atoms with Gasteiger partial charge in [-0.1, -0.05) is 42.5 Å². The summed E-state index contributed by atoms with van der Waals surface area (Å²) in [7, 11) is 3.99.